The van der Waals surface area contributed by atoms with Crippen molar-refractivity contribution in [1.29, 1.82) is 0 Å². The summed E-state index contributed by atoms with van der Waals surface area (Å²) < 4.78 is 0. The van der Waals surface area contributed by atoms with Crippen molar-refractivity contribution in [3.05, 3.63) is 75.8 Å². The molecule has 2 saturated carbocycles. The lowest BCUT2D eigenvalue weighted by molar-refractivity contribution is 0.131. The second kappa shape index (κ2) is 12.0. The fourth-order valence-corrected chi connectivity index (χ4v) is 13.9. The maximum Gasteiger partial charge on any atom is 0.0552 e. The number of aryl methyl sites for hydroxylation is 6. The van der Waals surface area contributed by atoms with Gasteiger partial charge in [0.05, 0.1) is 6.10 Å². The van der Waals surface area contributed by atoms with Crippen LogP contribution in [0.1, 0.15) is 97.6 Å². The Morgan fingerprint density at radius 1 is 0.585 bits per heavy atom. The molecule has 1 saturated heterocycles. The average Bonchev–Trinajstić information content (AvgIpc) is 3.63. The Morgan fingerprint density at radius 2 is 0.951 bits per heavy atom. The van der Waals surface area contributed by atoms with Gasteiger partial charge < -0.3 is 5.11 Å². The number of aliphatic hydroxyl groups excluding tert-OH is 1. The molecule has 218 valence electrons. The third kappa shape index (κ3) is 5.59. The molecule has 3 aromatic rings. The Morgan fingerprint density at radius 3 is 1.32 bits per heavy atom. The Bertz CT molecular complexity index is 1260. The van der Waals surface area contributed by atoms with Crippen molar-refractivity contribution in [2.75, 3.05) is 0 Å². The van der Waals surface area contributed by atoms with Gasteiger partial charge in [-0.05, 0) is 153 Å². The first-order chi connectivity index (χ1) is 19.7. The summed E-state index contributed by atoms with van der Waals surface area (Å²) >= 11 is 0. The van der Waals surface area contributed by atoms with Gasteiger partial charge in [0.2, 0.25) is 0 Å². The van der Waals surface area contributed by atoms with Crippen LogP contribution in [0.15, 0.2) is 42.5 Å². The third-order valence-corrected chi connectivity index (χ3v) is 14.5. The fourth-order valence-electron chi connectivity index (χ4n) is 9.42. The van der Waals surface area contributed by atoms with E-state index >= 15 is 0 Å². The molecule has 2 heteroatoms. The van der Waals surface area contributed by atoms with Gasteiger partial charge in [0.15, 0.2) is 0 Å². The Labute approximate surface area is 250 Å². The molecule has 6 rings (SSSR count). The van der Waals surface area contributed by atoms with Crippen molar-refractivity contribution in [2.24, 2.45) is 11.8 Å². The summed E-state index contributed by atoms with van der Waals surface area (Å²) in [5.74, 6) is 1.53. The minimum Gasteiger partial charge on any atom is -0.393 e. The largest absolute Gasteiger partial charge is 0.393 e. The van der Waals surface area contributed by atoms with Crippen molar-refractivity contribution in [3.63, 3.8) is 0 Å². The summed E-state index contributed by atoms with van der Waals surface area (Å²) in [6.45, 7) is 13.8. The van der Waals surface area contributed by atoms with E-state index in [0.717, 1.165) is 24.7 Å². The number of hydrogen-bond donors (Lipinski definition) is 1. The predicted molar refractivity (Wildman–Crippen MR) is 179 cm³/mol. The number of hydrogen-bond acceptors (Lipinski definition) is 1. The second-order valence-corrected chi connectivity index (χ2v) is 16.6. The highest BCUT2D eigenvalue weighted by atomic mass is 31.1. The molecule has 2 atom stereocenters. The van der Waals surface area contributed by atoms with Crippen molar-refractivity contribution < 1.29 is 5.11 Å². The molecule has 1 aliphatic heterocycles. The van der Waals surface area contributed by atoms with Crippen LogP contribution in [-0.4, -0.2) is 22.5 Å². The van der Waals surface area contributed by atoms with E-state index in [2.05, 4.69) is 84.0 Å². The van der Waals surface area contributed by atoms with Crippen LogP contribution in [0.2, 0.25) is 0 Å². The highest BCUT2D eigenvalue weighted by Gasteiger charge is 2.46. The first kappa shape index (κ1) is 29.1. The Balaban J connectivity index is 1.67. The van der Waals surface area contributed by atoms with Gasteiger partial charge >= 0.3 is 0 Å². The topological polar surface area (TPSA) is 20.2 Å². The Hall–Kier alpha value is -1.95. The molecule has 2 unspecified atom stereocenters. The van der Waals surface area contributed by atoms with Crippen LogP contribution in [-0.2, 0) is 0 Å². The van der Waals surface area contributed by atoms with Crippen LogP contribution < -0.4 is 5.30 Å². The van der Waals surface area contributed by atoms with Crippen molar-refractivity contribution in [3.8, 4) is 22.3 Å². The minimum absolute atomic E-state index is 0.133. The lowest BCUT2D eigenvalue weighted by atomic mass is 9.89. The number of aliphatic hydroxyl groups is 1. The van der Waals surface area contributed by atoms with Crippen LogP contribution in [0, 0.1) is 53.4 Å². The molecule has 3 aromatic carbocycles. The molecule has 0 spiro atoms. The molecule has 3 fully saturated rings. The fraction of sp³-hybridized carbons (Fsp3) is 0.538. The molecule has 0 amide bonds. The molecular formula is C39H51OP. The van der Waals surface area contributed by atoms with E-state index in [0.29, 0.717) is 11.3 Å². The second-order valence-electron chi connectivity index (χ2n) is 14.0. The smallest absolute Gasteiger partial charge is 0.0552 e. The molecule has 1 heterocycles. The zero-order valence-electron chi connectivity index (χ0n) is 26.4. The SMILES string of the molecule is Cc1cc(C)c(-c2cccc(-c3c(C)cc(C)cc3C)c2P2C(C3CCCC3)CC(O)CC2C2CCCC2)c(C)c1. The maximum atomic E-state index is 11.5. The quantitative estimate of drug-likeness (QED) is 0.305. The summed E-state index contributed by atoms with van der Waals surface area (Å²) in [5.41, 5.74) is 15.5. The summed E-state index contributed by atoms with van der Waals surface area (Å²) in [7, 11) is -0.456. The van der Waals surface area contributed by atoms with E-state index in [1.807, 2.05) is 0 Å². The normalized spacial score (nSPS) is 25.7. The Kier molecular flexibility index (Phi) is 8.51. The standard InChI is InChI=1S/C39H51OP/c1-24-18-26(3)37(27(4)19-24)33-16-11-17-34(38-28(5)20-25(2)21-29(38)6)39(33)41-35(30-12-7-8-13-30)22-32(40)23-36(41)31-14-9-10-15-31/h11,16-21,30-32,35-36,40H,7-10,12-15,22-23H2,1-6H3. The van der Waals surface area contributed by atoms with Crippen LogP contribution in [0.4, 0.5) is 0 Å². The maximum absolute atomic E-state index is 11.5. The lowest BCUT2D eigenvalue weighted by Gasteiger charge is -2.47. The summed E-state index contributed by atoms with van der Waals surface area (Å²) in [5, 5.41) is 13.1. The van der Waals surface area contributed by atoms with Gasteiger partial charge in [-0.2, -0.15) is 0 Å². The van der Waals surface area contributed by atoms with Crippen molar-refractivity contribution >= 4 is 13.2 Å². The monoisotopic (exact) mass is 566 g/mol. The van der Waals surface area contributed by atoms with Crippen LogP contribution in [0.5, 0.6) is 0 Å². The van der Waals surface area contributed by atoms with Gasteiger partial charge in [0.1, 0.15) is 0 Å². The molecule has 1 N–H and O–H groups in total. The highest BCUT2D eigenvalue weighted by molar-refractivity contribution is 7.67. The highest BCUT2D eigenvalue weighted by Crippen LogP contribution is 2.63. The lowest BCUT2D eigenvalue weighted by Crippen LogP contribution is -2.41. The first-order valence-electron chi connectivity index (χ1n) is 16.5. The van der Waals surface area contributed by atoms with Crippen molar-refractivity contribution in [1.82, 2.24) is 0 Å². The molecule has 41 heavy (non-hydrogen) atoms. The van der Waals surface area contributed by atoms with E-state index in [1.165, 1.54) is 107 Å². The van der Waals surface area contributed by atoms with Gasteiger partial charge in [0.25, 0.3) is 0 Å². The zero-order chi connectivity index (χ0) is 28.8. The number of rotatable bonds is 5. The third-order valence-electron chi connectivity index (χ3n) is 10.8. The van der Waals surface area contributed by atoms with E-state index < -0.39 is 7.92 Å². The van der Waals surface area contributed by atoms with Crippen LogP contribution in [0.25, 0.3) is 22.3 Å². The van der Waals surface area contributed by atoms with Crippen LogP contribution >= 0.6 is 7.92 Å². The van der Waals surface area contributed by atoms with Gasteiger partial charge in [0, 0.05) is 0 Å². The molecule has 1 nitrogen and oxygen atoms in total. The van der Waals surface area contributed by atoms with Crippen molar-refractivity contribution in [2.45, 2.75) is 123 Å². The molecule has 0 aromatic heterocycles. The van der Waals surface area contributed by atoms with E-state index in [9.17, 15) is 5.11 Å². The molecule has 0 radical (unpaired) electrons. The van der Waals surface area contributed by atoms with Gasteiger partial charge in [-0.15, -0.1) is 0 Å². The van der Waals surface area contributed by atoms with E-state index in [-0.39, 0.29) is 6.10 Å². The molecular weight excluding hydrogens is 515 g/mol. The van der Waals surface area contributed by atoms with Crippen LogP contribution in [0.3, 0.4) is 0 Å². The molecule has 0 bridgehead atoms. The summed E-state index contributed by atoms with van der Waals surface area (Å²) in [6.07, 6.45) is 12.8. The van der Waals surface area contributed by atoms with Gasteiger partial charge in [-0.25, -0.2) is 0 Å². The summed E-state index contributed by atoms with van der Waals surface area (Å²) in [4.78, 5) is 0. The van der Waals surface area contributed by atoms with E-state index in [1.54, 1.807) is 5.30 Å². The average molecular weight is 567 g/mol. The van der Waals surface area contributed by atoms with Gasteiger partial charge in [-0.1, -0.05) is 87.2 Å². The first-order valence-corrected chi connectivity index (χ1v) is 18.0. The molecule has 2 aliphatic carbocycles. The number of benzene rings is 3. The summed E-state index contributed by atoms with van der Waals surface area (Å²) in [6, 6.07) is 16.8. The van der Waals surface area contributed by atoms with E-state index in [4.69, 9.17) is 0 Å². The predicted octanol–water partition coefficient (Wildman–Crippen LogP) is 10.3. The molecule has 3 aliphatic rings. The van der Waals surface area contributed by atoms with Gasteiger partial charge in [-0.3, -0.25) is 0 Å². The zero-order valence-corrected chi connectivity index (χ0v) is 27.3. The minimum atomic E-state index is -0.456.